The number of esters is 1. The number of alkyl halides is 6. The molecule has 18 nitrogen and oxygen atoms in total. The van der Waals surface area contributed by atoms with E-state index in [1.165, 1.54) is 42.9 Å². The van der Waals surface area contributed by atoms with Crippen LogP contribution in [0.15, 0.2) is 102 Å². The van der Waals surface area contributed by atoms with Gasteiger partial charge in [-0.2, -0.15) is 13.2 Å². The number of aliphatic carboxylic acids is 1. The number of anilines is 1. The summed E-state index contributed by atoms with van der Waals surface area (Å²) in [5, 5.41) is 8.28. The highest BCUT2D eigenvalue weighted by atomic mass is 35.5. The quantitative estimate of drug-likeness (QED) is 0.0273. The summed E-state index contributed by atoms with van der Waals surface area (Å²) in [4.78, 5) is 81.0. The van der Waals surface area contributed by atoms with Crippen LogP contribution in [0.3, 0.4) is 0 Å². The van der Waals surface area contributed by atoms with E-state index in [-0.39, 0.29) is 48.6 Å². The van der Waals surface area contributed by atoms with Gasteiger partial charge in [-0.3, -0.25) is 28.3 Å². The van der Waals surface area contributed by atoms with Gasteiger partial charge in [-0.1, -0.05) is 79.5 Å². The molecule has 0 aliphatic rings. The number of carbonyl (C=O) groups excluding carboxylic acids is 3. The number of rotatable bonds is 23. The van der Waals surface area contributed by atoms with Gasteiger partial charge in [-0.15, -0.1) is 24.8 Å². The summed E-state index contributed by atoms with van der Waals surface area (Å²) in [6, 6.07) is 16.7. The summed E-state index contributed by atoms with van der Waals surface area (Å²) in [6.45, 7) is 19.3. The third-order valence-corrected chi connectivity index (χ3v) is 12.7. The summed E-state index contributed by atoms with van der Waals surface area (Å²) in [6.07, 6.45) is -0.812. The Balaban J connectivity index is 0.000000602. The highest BCUT2D eigenvalue weighted by molar-refractivity contribution is 7.57. The van der Waals surface area contributed by atoms with E-state index in [1.54, 1.807) is 31.1 Å². The van der Waals surface area contributed by atoms with Crippen molar-refractivity contribution in [2.45, 2.75) is 89.7 Å². The molecule has 0 aliphatic heterocycles. The van der Waals surface area contributed by atoms with Crippen LogP contribution in [-0.2, 0) is 65.9 Å². The summed E-state index contributed by atoms with van der Waals surface area (Å²) in [5.74, 6) is -1.26. The first-order chi connectivity index (χ1) is 36.5. The molecule has 0 spiro atoms. The molecule has 4 rings (SSSR count). The maximum atomic E-state index is 13.1. The van der Waals surface area contributed by atoms with E-state index in [1.807, 2.05) is 51.1 Å². The molecule has 432 valence electrons. The number of hydrogen-bond donors (Lipinski definition) is 3. The van der Waals surface area contributed by atoms with Gasteiger partial charge in [-0.05, 0) is 87.1 Å². The fraction of sp³-hybridized carbons (Fsp3) is 0.434. The Labute approximate surface area is 467 Å². The van der Waals surface area contributed by atoms with Crippen molar-refractivity contribution in [3.63, 3.8) is 0 Å². The second-order valence-electron chi connectivity index (χ2n) is 17.2. The lowest BCUT2D eigenvalue weighted by Crippen LogP contribution is -2.43. The Kier molecular flexibility index (Phi) is 30.7. The minimum Gasteiger partial charge on any atom is -0.489 e. The largest absolute Gasteiger partial charge is 0.489 e. The van der Waals surface area contributed by atoms with Crippen LogP contribution in [0.1, 0.15) is 62.1 Å². The van der Waals surface area contributed by atoms with E-state index in [4.69, 9.17) is 69.5 Å². The first-order valence-electron chi connectivity index (χ1n) is 24.0. The number of aryl methyl sites for hydroxylation is 3. The minimum atomic E-state index is -4.84. The molecule has 2 amide bonds. The lowest BCUT2D eigenvalue weighted by atomic mass is 10.0. The summed E-state index contributed by atoms with van der Waals surface area (Å²) in [7, 11) is 0.753. The van der Waals surface area contributed by atoms with E-state index in [0.29, 0.717) is 52.0 Å². The van der Waals surface area contributed by atoms with E-state index in [0.717, 1.165) is 42.3 Å². The lowest BCUT2D eigenvalue weighted by Gasteiger charge is -2.31. The zero-order valence-corrected chi connectivity index (χ0v) is 48.2. The van der Waals surface area contributed by atoms with Crippen molar-refractivity contribution in [1.82, 2.24) is 14.0 Å². The monoisotopic (exact) mass is 1180 g/mol. The number of halogens is 6. The van der Waals surface area contributed by atoms with Crippen molar-refractivity contribution < 1.29 is 65.9 Å². The van der Waals surface area contributed by atoms with Crippen molar-refractivity contribution in [3.05, 3.63) is 141 Å². The van der Waals surface area contributed by atoms with Crippen LogP contribution < -0.4 is 31.4 Å². The van der Waals surface area contributed by atoms with Crippen molar-refractivity contribution in [1.29, 1.82) is 0 Å². The van der Waals surface area contributed by atoms with E-state index in [2.05, 4.69) is 26.1 Å². The van der Waals surface area contributed by atoms with Gasteiger partial charge in [-0.25, -0.2) is 14.2 Å². The lowest BCUT2D eigenvalue weighted by molar-refractivity contribution is -0.148. The normalized spacial score (nSPS) is 12.7. The number of aromatic nitrogens is 2. The van der Waals surface area contributed by atoms with Gasteiger partial charge in [0.1, 0.15) is 35.7 Å². The number of carboxylic acid groups (broad SMARTS) is 1. The molecule has 4 aromatic rings. The number of para-hydroxylation sites is 1. The van der Waals surface area contributed by atoms with Crippen molar-refractivity contribution >= 4 is 71.6 Å². The molecule has 0 saturated carbocycles. The maximum Gasteiger partial charge on any atom is 0.431 e. The summed E-state index contributed by atoms with van der Waals surface area (Å²) >= 11 is 16.6. The molecular weight excluding hydrogens is 1110 g/mol. The number of carboxylic acids is 1. The molecule has 3 aromatic carbocycles. The summed E-state index contributed by atoms with van der Waals surface area (Å²) < 4.78 is 72.3. The van der Waals surface area contributed by atoms with Gasteiger partial charge in [0.15, 0.2) is 18.3 Å². The van der Waals surface area contributed by atoms with Crippen LogP contribution in [-0.4, -0.2) is 123 Å². The Morgan fingerprint density at radius 1 is 0.936 bits per heavy atom. The number of nitrogens with two attached hydrogens (primary N) is 1. The second-order valence-corrected chi connectivity index (χ2v) is 21.1. The highest BCUT2D eigenvalue weighted by Crippen LogP contribution is 2.36. The number of ether oxygens (including phenoxy) is 4. The van der Waals surface area contributed by atoms with E-state index < -0.39 is 59.4 Å². The zero-order valence-electron chi connectivity index (χ0n) is 45.1. The smallest absolute Gasteiger partial charge is 0.431 e. The topological polar surface area (TPSA) is 239 Å². The molecule has 4 N–H and O–H groups in total. The van der Waals surface area contributed by atoms with Crippen molar-refractivity contribution in [3.8, 4) is 17.2 Å². The Bertz CT molecular complexity index is 2780. The first kappa shape index (κ1) is 70.1. The van der Waals surface area contributed by atoms with Gasteiger partial charge in [0, 0.05) is 51.7 Å². The maximum absolute atomic E-state index is 13.1. The van der Waals surface area contributed by atoms with Gasteiger partial charge >= 0.3 is 23.8 Å². The molecular formula is C53H70Cl3F3N5O13P. The Morgan fingerprint density at radius 3 is 2.01 bits per heavy atom. The molecule has 0 bridgehead atoms. The molecule has 1 aromatic heterocycles. The number of amides is 2. The second kappa shape index (κ2) is 34.2. The number of benzene rings is 3. The van der Waals surface area contributed by atoms with Crippen LogP contribution in [0.2, 0.25) is 0 Å². The van der Waals surface area contributed by atoms with Crippen LogP contribution >= 0.6 is 42.2 Å². The number of methoxy groups -OCH3 is 2. The van der Waals surface area contributed by atoms with Crippen molar-refractivity contribution in [2.24, 2.45) is 12.8 Å². The van der Waals surface area contributed by atoms with Crippen molar-refractivity contribution in [2.75, 3.05) is 57.5 Å². The number of carbonyl (C=O) groups is 4. The molecule has 78 heavy (non-hydrogen) atoms. The molecule has 0 aliphatic carbocycles. The minimum absolute atomic E-state index is 0.0223. The zero-order chi connectivity index (χ0) is 59.7. The van der Waals surface area contributed by atoms with Crippen LogP contribution in [0.4, 0.5) is 18.9 Å². The predicted octanol–water partition coefficient (Wildman–Crippen LogP) is 8.48. The average Bonchev–Trinajstić information content (AvgIpc) is 3.39. The van der Waals surface area contributed by atoms with Gasteiger partial charge in [0.25, 0.3) is 11.5 Å². The number of nitrogens with zero attached hydrogens (tertiary/aromatic N) is 4. The molecule has 4 unspecified atom stereocenters. The van der Waals surface area contributed by atoms with Gasteiger partial charge in [0.2, 0.25) is 5.91 Å². The molecule has 0 saturated heterocycles. The molecule has 0 radical (unpaired) electrons. The predicted molar refractivity (Wildman–Crippen MR) is 298 cm³/mol. The third-order valence-electron chi connectivity index (χ3n) is 11.0. The molecule has 25 heteroatoms. The Morgan fingerprint density at radius 2 is 1.54 bits per heavy atom. The molecule has 4 atom stereocenters. The molecule has 0 fully saturated rings. The van der Waals surface area contributed by atoms with Gasteiger partial charge < -0.3 is 44.5 Å². The average molecular weight is 1180 g/mol. The number of hydrogen-bond acceptors (Lipinski definition) is 12. The van der Waals surface area contributed by atoms with Crippen LogP contribution in [0.25, 0.3) is 5.69 Å². The van der Waals surface area contributed by atoms with E-state index in [9.17, 15) is 46.5 Å². The van der Waals surface area contributed by atoms with Crippen LogP contribution in [0, 0.1) is 6.92 Å². The SMILES string of the molecule is C=CCN(CC=C)C(=O)C(Cl)Cl.CCc1ccc(COc2ccc(-n3c(=O)cc(C(F)(F)F)n(C)c3=O)cc2)c(OC(C)C(=O)OC)c1.CCc1cccc(C)c1N(C(=O)CCl)C(C)COC.CP(=O)(O)CCC(N)C(=O)O. The third kappa shape index (κ3) is 22.8. The molecule has 1 heterocycles. The fourth-order valence-corrected chi connectivity index (χ4v) is 8.13. The van der Waals surface area contributed by atoms with Gasteiger partial charge in [0.05, 0.1) is 31.1 Å². The first-order valence-corrected chi connectivity index (χ1v) is 27.7. The Hall–Kier alpha value is -5.93. The van der Waals surface area contributed by atoms with Crippen LogP contribution in [0.5, 0.6) is 11.5 Å². The highest BCUT2D eigenvalue weighted by Gasteiger charge is 2.35. The van der Waals surface area contributed by atoms with E-state index >= 15 is 0 Å². The standard InChI is InChI=1S/C25H25F3N2O6.C15H22ClNO2.C8H11Cl2NO.C5H12NO4P/c1-5-16-6-7-17(20(12-16)36-15(2)23(32)34-4)14-35-19-10-8-18(9-11-19)30-22(31)13-21(25(26,27)28)29(3)24(30)33;1-5-13-8-6-7-11(2)15(13)17(14(18)9-16)12(3)10-19-4;1-3-5-11(6-4-2)8(12)7(9)10;1-11(9,10)3-2-4(6)5(7)8/h6-13,15H,5,14H2,1-4H3;6-8,12H,5,9-10H2,1-4H3;3-4,7H,1-2,5-6H2;4H,2-3,6H2,1H3,(H,7,8)(H,9,10). The fourth-order valence-electron chi connectivity index (χ4n) is 6.97. The summed E-state index contributed by atoms with van der Waals surface area (Å²) in [5.41, 5.74) is 6.50.